The van der Waals surface area contributed by atoms with Gasteiger partial charge in [0.25, 0.3) is 0 Å². The first-order valence-electron chi connectivity index (χ1n) is 7.08. The second-order valence-electron chi connectivity index (χ2n) is 5.53. The van der Waals surface area contributed by atoms with E-state index >= 15 is 0 Å². The Kier molecular flexibility index (Phi) is 6.27. The second-order valence-corrected chi connectivity index (χ2v) is 5.53. The molecule has 0 aromatic carbocycles. The third-order valence-corrected chi connectivity index (χ3v) is 3.98. The molecule has 8 N–H and O–H groups in total. The summed E-state index contributed by atoms with van der Waals surface area (Å²) in [7, 11) is 0. The summed E-state index contributed by atoms with van der Waals surface area (Å²) in [5.74, 6) is 0. The minimum atomic E-state index is -1.74. The lowest BCUT2D eigenvalue weighted by molar-refractivity contribution is -0.355. The van der Waals surface area contributed by atoms with Gasteiger partial charge in [0.2, 0.25) is 0 Å². The van der Waals surface area contributed by atoms with Crippen molar-refractivity contribution >= 4 is 0 Å². The van der Waals surface area contributed by atoms with Crippen LogP contribution in [0.25, 0.3) is 0 Å². The van der Waals surface area contributed by atoms with Crippen molar-refractivity contribution in [2.75, 3.05) is 13.2 Å². The van der Waals surface area contributed by atoms with Crippen LogP contribution in [0.3, 0.4) is 0 Å². The van der Waals surface area contributed by atoms with Crippen LogP contribution >= 0.6 is 0 Å². The van der Waals surface area contributed by atoms with Crippen molar-refractivity contribution in [1.29, 1.82) is 0 Å². The highest BCUT2D eigenvalue weighted by molar-refractivity contribution is 4.93. The number of hydrogen-bond donors (Lipinski definition) is 8. The summed E-state index contributed by atoms with van der Waals surface area (Å²) in [6.07, 6.45) is -15.6. The number of aliphatic hydroxyl groups is 8. The molecule has 2 aliphatic heterocycles. The van der Waals surface area contributed by atoms with Crippen molar-refractivity contribution in [2.24, 2.45) is 0 Å². The maximum absolute atomic E-state index is 9.94. The number of hydrogen-bond acceptors (Lipinski definition) is 11. The van der Waals surface area contributed by atoms with Gasteiger partial charge in [-0.1, -0.05) is 0 Å². The molecular weight excluding hydrogens is 320 g/mol. The fraction of sp³-hybridized carbons (Fsp3) is 1.00. The van der Waals surface area contributed by atoms with Crippen LogP contribution in [0.4, 0.5) is 0 Å². The Morgan fingerprint density at radius 3 is 1.83 bits per heavy atom. The lowest BCUT2D eigenvalue weighted by Gasteiger charge is -2.45. The summed E-state index contributed by atoms with van der Waals surface area (Å²) in [6, 6.07) is 0. The first-order valence-corrected chi connectivity index (χ1v) is 7.08. The van der Waals surface area contributed by atoms with Crippen LogP contribution < -0.4 is 0 Å². The lowest BCUT2D eigenvalue weighted by atomic mass is 9.97. The fourth-order valence-electron chi connectivity index (χ4n) is 2.57. The Morgan fingerprint density at radius 2 is 1.26 bits per heavy atom. The topological polar surface area (TPSA) is 190 Å². The van der Waals surface area contributed by atoms with Crippen molar-refractivity contribution in [3.05, 3.63) is 0 Å². The van der Waals surface area contributed by atoms with E-state index in [1.165, 1.54) is 0 Å². The zero-order valence-corrected chi connectivity index (χ0v) is 12.0. The molecule has 11 nitrogen and oxygen atoms in total. The Morgan fingerprint density at radius 1 is 0.652 bits per heavy atom. The van der Waals surface area contributed by atoms with Gasteiger partial charge in [-0.2, -0.15) is 0 Å². The molecule has 0 bridgehead atoms. The van der Waals surface area contributed by atoms with E-state index in [0.717, 1.165) is 0 Å². The number of aliphatic hydroxyl groups excluding tert-OH is 8. The largest absolute Gasteiger partial charge is 0.394 e. The van der Waals surface area contributed by atoms with Gasteiger partial charge in [-0.05, 0) is 0 Å². The average molecular weight is 342 g/mol. The molecule has 23 heavy (non-hydrogen) atoms. The van der Waals surface area contributed by atoms with E-state index < -0.39 is 74.6 Å². The van der Waals surface area contributed by atoms with Crippen LogP contribution in [0.2, 0.25) is 0 Å². The minimum absolute atomic E-state index is 0.667. The van der Waals surface area contributed by atoms with E-state index in [2.05, 4.69) is 0 Å². The smallest absolute Gasteiger partial charge is 0.187 e. The Balaban J connectivity index is 2.11. The van der Waals surface area contributed by atoms with Gasteiger partial charge in [-0.3, -0.25) is 0 Å². The average Bonchev–Trinajstić information content (AvgIpc) is 2.55. The van der Waals surface area contributed by atoms with E-state index in [9.17, 15) is 35.7 Å². The fourth-order valence-corrected chi connectivity index (χ4v) is 2.57. The molecule has 0 radical (unpaired) electrons. The summed E-state index contributed by atoms with van der Waals surface area (Å²) >= 11 is 0. The van der Waals surface area contributed by atoms with Gasteiger partial charge < -0.3 is 55.1 Å². The van der Waals surface area contributed by atoms with E-state index in [0.29, 0.717) is 0 Å². The van der Waals surface area contributed by atoms with Gasteiger partial charge in [0.1, 0.15) is 48.8 Å². The summed E-state index contributed by atoms with van der Waals surface area (Å²) in [4.78, 5) is 0. The molecule has 2 rings (SSSR count). The summed E-state index contributed by atoms with van der Waals surface area (Å²) < 4.78 is 15.3. The van der Waals surface area contributed by atoms with E-state index in [-0.39, 0.29) is 0 Å². The first kappa shape index (κ1) is 18.9. The Bertz CT molecular complexity index is 378. The standard InChI is InChI=1S/C12H22O11/c13-1-3-5(15)6(16)9(19)12(22-3)23-10-4(2-14)21-11(20)8(18)7(10)17/h3-20H,1-2H2/t3?,4?,5?,6?,7?,8-,9-,10-,11?,12?/m1/s1. The van der Waals surface area contributed by atoms with Crippen LogP contribution in [-0.4, -0.2) is 115 Å². The van der Waals surface area contributed by atoms with Gasteiger partial charge >= 0.3 is 0 Å². The molecule has 7 unspecified atom stereocenters. The summed E-state index contributed by atoms with van der Waals surface area (Å²) in [5.41, 5.74) is 0. The molecule has 0 aromatic rings. The van der Waals surface area contributed by atoms with Crippen molar-refractivity contribution in [2.45, 2.75) is 61.4 Å². The highest BCUT2D eigenvalue weighted by Gasteiger charge is 2.50. The van der Waals surface area contributed by atoms with Crippen molar-refractivity contribution in [3.8, 4) is 0 Å². The van der Waals surface area contributed by atoms with Crippen LogP contribution in [0.1, 0.15) is 0 Å². The monoisotopic (exact) mass is 342 g/mol. The zero-order valence-electron chi connectivity index (χ0n) is 12.0. The van der Waals surface area contributed by atoms with Gasteiger partial charge in [0.05, 0.1) is 13.2 Å². The second kappa shape index (κ2) is 7.63. The number of ether oxygens (including phenoxy) is 3. The highest BCUT2D eigenvalue weighted by atomic mass is 16.7. The summed E-state index contributed by atoms with van der Waals surface area (Å²) in [5, 5.41) is 76.5. The molecule has 0 amide bonds. The molecule has 2 fully saturated rings. The van der Waals surface area contributed by atoms with Crippen molar-refractivity contribution < 1.29 is 55.1 Å². The first-order chi connectivity index (χ1) is 10.8. The molecular formula is C12H22O11. The molecule has 0 saturated carbocycles. The predicted molar refractivity (Wildman–Crippen MR) is 68.6 cm³/mol. The molecule has 10 atom stereocenters. The van der Waals surface area contributed by atoms with Gasteiger partial charge in [0, 0.05) is 0 Å². The molecule has 0 aliphatic carbocycles. The molecule has 2 saturated heterocycles. The SMILES string of the molecule is OCC1OC(O[C@@H]2C(CO)OC(O)[C@H](O)C2O)[C@H](O)C(O)C1O. The lowest BCUT2D eigenvalue weighted by Crippen LogP contribution is -2.64. The molecule has 2 heterocycles. The van der Waals surface area contributed by atoms with Gasteiger partial charge in [-0.15, -0.1) is 0 Å². The quantitative estimate of drug-likeness (QED) is 0.243. The molecule has 136 valence electrons. The predicted octanol–water partition coefficient (Wildman–Crippen LogP) is -5.40. The molecule has 0 spiro atoms. The van der Waals surface area contributed by atoms with Crippen LogP contribution in [0.15, 0.2) is 0 Å². The van der Waals surface area contributed by atoms with Gasteiger partial charge in [0.15, 0.2) is 12.6 Å². The minimum Gasteiger partial charge on any atom is -0.394 e. The van der Waals surface area contributed by atoms with E-state index in [1.807, 2.05) is 0 Å². The Hall–Kier alpha value is -0.440. The van der Waals surface area contributed by atoms with Crippen molar-refractivity contribution in [1.82, 2.24) is 0 Å². The third kappa shape index (κ3) is 3.65. The number of rotatable bonds is 4. The maximum Gasteiger partial charge on any atom is 0.187 e. The van der Waals surface area contributed by atoms with Crippen molar-refractivity contribution in [3.63, 3.8) is 0 Å². The van der Waals surface area contributed by atoms with E-state index in [1.54, 1.807) is 0 Å². The highest BCUT2D eigenvalue weighted by Crippen LogP contribution is 2.28. The molecule has 11 heteroatoms. The maximum atomic E-state index is 9.94. The zero-order chi connectivity index (χ0) is 17.3. The van der Waals surface area contributed by atoms with E-state index in [4.69, 9.17) is 19.3 Å². The Labute approximate surface area is 130 Å². The van der Waals surface area contributed by atoms with Crippen LogP contribution in [-0.2, 0) is 14.2 Å². The van der Waals surface area contributed by atoms with Crippen LogP contribution in [0, 0.1) is 0 Å². The summed E-state index contributed by atoms with van der Waals surface area (Å²) in [6.45, 7) is -1.35. The normalized spacial score (nSPS) is 51.7. The third-order valence-electron chi connectivity index (χ3n) is 3.98. The van der Waals surface area contributed by atoms with Crippen LogP contribution in [0.5, 0.6) is 0 Å². The molecule has 2 aliphatic rings. The van der Waals surface area contributed by atoms with Gasteiger partial charge in [-0.25, -0.2) is 0 Å². The molecule has 0 aromatic heterocycles.